The zero-order valence-corrected chi connectivity index (χ0v) is 12.4. The molecule has 2 atom stereocenters. The third-order valence-electron chi connectivity index (χ3n) is 3.96. The molecule has 0 aromatic heterocycles. The van der Waals surface area contributed by atoms with Gasteiger partial charge in [0.25, 0.3) is 0 Å². The van der Waals surface area contributed by atoms with Gasteiger partial charge in [0.2, 0.25) is 0 Å². The highest BCUT2D eigenvalue weighted by Crippen LogP contribution is 2.31. The molecule has 2 rings (SSSR count). The van der Waals surface area contributed by atoms with Gasteiger partial charge < -0.3 is 15.4 Å². The molecule has 110 valence electrons. The number of carbonyl (C=O) groups excluding carboxylic acids is 1. The molecule has 19 heavy (non-hydrogen) atoms. The molecule has 2 fully saturated rings. The molecule has 0 aromatic carbocycles. The van der Waals surface area contributed by atoms with Gasteiger partial charge in [-0.2, -0.15) is 0 Å². The van der Waals surface area contributed by atoms with Crippen molar-refractivity contribution in [1.29, 1.82) is 0 Å². The van der Waals surface area contributed by atoms with E-state index in [2.05, 4.69) is 4.90 Å². The van der Waals surface area contributed by atoms with E-state index in [4.69, 9.17) is 10.5 Å². The van der Waals surface area contributed by atoms with E-state index in [1.807, 2.05) is 25.7 Å². The summed E-state index contributed by atoms with van der Waals surface area (Å²) in [5, 5.41) is 0. The first kappa shape index (κ1) is 14.6. The number of rotatable bonds is 2. The van der Waals surface area contributed by atoms with Crippen molar-refractivity contribution in [2.45, 2.75) is 45.3 Å². The first-order chi connectivity index (χ1) is 8.90. The molecule has 2 saturated heterocycles. The minimum absolute atomic E-state index is 0.172. The minimum atomic E-state index is -0.415. The molecule has 2 aliphatic rings. The number of carbonyl (C=O) groups is 1. The number of nitrogens with two attached hydrogens (primary N) is 1. The number of hydrogen-bond acceptors (Lipinski definition) is 4. The van der Waals surface area contributed by atoms with Gasteiger partial charge in [-0.25, -0.2) is 4.79 Å². The van der Waals surface area contributed by atoms with Crippen LogP contribution in [0.25, 0.3) is 0 Å². The Balaban J connectivity index is 1.95. The maximum absolute atomic E-state index is 12.1. The third-order valence-corrected chi connectivity index (χ3v) is 3.96. The van der Waals surface area contributed by atoms with E-state index in [0.717, 1.165) is 26.2 Å². The van der Waals surface area contributed by atoms with Crippen molar-refractivity contribution >= 4 is 6.09 Å². The smallest absolute Gasteiger partial charge is 0.410 e. The lowest BCUT2D eigenvalue weighted by Gasteiger charge is -2.36. The van der Waals surface area contributed by atoms with E-state index in [-0.39, 0.29) is 6.09 Å². The summed E-state index contributed by atoms with van der Waals surface area (Å²) >= 11 is 0. The summed E-state index contributed by atoms with van der Waals surface area (Å²) < 4.78 is 5.47. The van der Waals surface area contributed by atoms with Crippen LogP contribution >= 0.6 is 0 Å². The maximum atomic E-state index is 12.1. The van der Waals surface area contributed by atoms with E-state index in [9.17, 15) is 4.79 Å². The van der Waals surface area contributed by atoms with Gasteiger partial charge in [0.1, 0.15) is 5.60 Å². The van der Waals surface area contributed by atoms with E-state index in [0.29, 0.717) is 18.5 Å². The SMILES string of the molecule is CC(C)(C)OC(=O)N1C[C@@H]2CCCN(CCN)[C@H]2C1. The van der Waals surface area contributed by atoms with Crippen LogP contribution in [0.4, 0.5) is 4.79 Å². The second-order valence-corrected chi connectivity index (χ2v) is 6.68. The van der Waals surface area contributed by atoms with Crippen LogP contribution in [0.15, 0.2) is 0 Å². The zero-order chi connectivity index (χ0) is 14.0. The predicted octanol–water partition coefficient (Wildman–Crippen LogP) is 1.28. The number of amides is 1. The fraction of sp³-hybridized carbons (Fsp3) is 0.929. The molecule has 0 saturated carbocycles. The van der Waals surface area contributed by atoms with Crippen LogP contribution in [-0.4, -0.2) is 60.3 Å². The molecule has 1 amide bonds. The van der Waals surface area contributed by atoms with Crippen molar-refractivity contribution in [2.24, 2.45) is 11.7 Å². The van der Waals surface area contributed by atoms with Gasteiger partial charge in [0, 0.05) is 32.2 Å². The number of nitrogens with zero attached hydrogens (tertiary/aromatic N) is 2. The standard InChI is InChI=1S/C14H27N3O2/c1-14(2,3)19-13(18)17-9-11-5-4-7-16(8-6-15)12(11)10-17/h11-12H,4-10,15H2,1-3H3/t11-,12-/m0/s1. The molecular weight excluding hydrogens is 242 g/mol. The number of hydrogen-bond donors (Lipinski definition) is 1. The number of piperidine rings is 1. The average Bonchev–Trinajstić information content (AvgIpc) is 2.72. The first-order valence-corrected chi connectivity index (χ1v) is 7.33. The molecule has 0 radical (unpaired) electrons. The summed E-state index contributed by atoms with van der Waals surface area (Å²) in [5.41, 5.74) is 5.26. The lowest BCUT2D eigenvalue weighted by molar-refractivity contribution is 0.0280. The van der Waals surface area contributed by atoms with Crippen molar-refractivity contribution < 1.29 is 9.53 Å². The van der Waals surface area contributed by atoms with E-state index in [1.54, 1.807) is 0 Å². The Kier molecular flexibility index (Phi) is 4.36. The van der Waals surface area contributed by atoms with Crippen molar-refractivity contribution in [3.63, 3.8) is 0 Å². The van der Waals surface area contributed by atoms with Gasteiger partial charge in [-0.3, -0.25) is 4.90 Å². The van der Waals surface area contributed by atoms with Gasteiger partial charge in [-0.15, -0.1) is 0 Å². The molecule has 0 aromatic rings. The Bertz CT molecular complexity index is 325. The highest BCUT2D eigenvalue weighted by molar-refractivity contribution is 5.68. The lowest BCUT2D eigenvalue weighted by atomic mass is 9.92. The normalized spacial score (nSPS) is 28.3. The largest absolute Gasteiger partial charge is 0.444 e. The van der Waals surface area contributed by atoms with Gasteiger partial charge in [-0.05, 0) is 46.1 Å². The summed E-state index contributed by atoms with van der Waals surface area (Å²) in [4.78, 5) is 16.4. The molecular formula is C14H27N3O2. The fourth-order valence-electron chi connectivity index (χ4n) is 3.19. The summed E-state index contributed by atoms with van der Waals surface area (Å²) in [5.74, 6) is 0.591. The molecule has 5 heteroatoms. The first-order valence-electron chi connectivity index (χ1n) is 7.33. The Morgan fingerprint density at radius 2 is 2.11 bits per heavy atom. The molecule has 0 aliphatic carbocycles. The van der Waals surface area contributed by atoms with E-state index in [1.165, 1.54) is 12.8 Å². The maximum Gasteiger partial charge on any atom is 0.410 e. The van der Waals surface area contributed by atoms with Crippen molar-refractivity contribution in [1.82, 2.24) is 9.80 Å². The molecule has 2 aliphatic heterocycles. The molecule has 0 unspecified atom stereocenters. The lowest BCUT2D eigenvalue weighted by Crippen LogP contribution is -2.47. The van der Waals surface area contributed by atoms with Gasteiger partial charge in [0.05, 0.1) is 0 Å². The highest BCUT2D eigenvalue weighted by Gasteiger charge is 2.41. The van der Waals surface area contributed by atoms with Crippen molar-refractivity contribution in [3.8, 4) is 0 Å². The average molecular weight is 269 g/mol. The fourth-order valence-corrected chi connectivity index (χ4v) is 3.19. The monoisotopic (exact) mass is 269 g/mol. The topological polar surface area (TPSA) is 58.8 Å². The van der Waals surface area contributed by atoms with Gasteiger partial charge >= 0.3 is 6.09 Å². The summed E-state index contributed by atoms with van der Waals surface area (Å²) in [6.45, 7) is 10.1. The number of fused-ring (bicyclic) bond motifs is 1. The Labute approximate surface area is 116 Å². The van der Waals surface area contributed by atoms with Crippen LogP contribution in [-0.2, 0) is 4.74 Å². The highest BCUT2D eigenvalue weighted by atomic mass is 16.6. The van der Waals surface area contributed by atoms with Crippen molar-refractivity contribution in [2.75, 3.05) is 32.7 Å². The van der Waals surface area contributed by atoms with E-state index < -0.39 is 5.60 Å². The molecule has 0 bridgehead atoms. The van der Waals surface area contributed by atoms with Crippen molar-refractivity contribution in [3.05, 3.63) is 0 Å². The Morgan fingerprint density at radius 1 is 1.37 bits per heavy atom. The second kappa shape index (κ2) is 5.67. The predicted molar refractivity (Wildman–Crippen MR) is 74.9 cm³/mol. The molecule has 2 N–H and O–H groups in total. The van der Waals surface area contributed by atoms with Gasteiger partial charge in [0.15, 0.2) is 0 Å². The van der Waals surface area contributed by atoms with Crippen LogP contribution in [0.2, 0.25) is 0 Å². The van der Waals surface area contributed by atoms with Crippen LogP contribution < -0.4 is 5.73 Å². The summed E-state index contributed by atoms with van der Waals surface area (Å²) in [6, 6.07) is 0.477. The summed E-state index contributed by atoms with van der Waals surface area (Å²) in [7, 11) is 0. The van der Waals surface area contributed by atoms with E-state index >= 15 is 0 Å². The quantitative estimate of drug-likeness (QED) is 0.820. The van der Waals surface area contributed by atoms with Crippen LogP contribution in [0.3, 0.4) is 0 Å². The number of likely N-dealkylation sites (tertiary alicyclic amines) is 2. The van der Waals surface area contributed by atoms with Gasteiger partial charge in [-0.1, -0.05) is 0 Å². The Hall–Kier alpha value is -0.810. The molecule has 5 nitrogen and oxygen atoms in total. The van der Waals surface area contributed by atoms with Crippen LogP contribution in [0.1, 0.15) is 33.6 Å². The minimum Gasteiger partial charge on any atom is -0.444 e. The number of ether oxygens (including phenoxy) is 1. The molecule has 0 spiro atoms. The second-order valence-electron chi connectivity index (χ2n) is 6.68. The Morgan fingerprint density at radius 3 is 2.74 bits per heavy atom. The van der Waals surface area contributed by atoms with Crippen LogP contribution in [0.5, 0.6) is 0 Å². The van der Waals surface area contributed by atoms with Crippen LogP contribution in [0, 0.1) is 5.92 Å². The summed E-state index contributed by atoms with van der Waals surface area (Å²) in [6.07, 6.45) is 2.25. The third kappa shape index (κ3) is 3.60. The zero-order valence-electron chi connectivity index (χ0n) is 12.4. The molecule has 2 heterocycles.